The van der Waals surface area contributed by atoms with Gasteiger partial charge in [0.25, 0.3) is 5.69 Å². The first-order chi connectivity index (χ1) is 8.66. The lowest BCUT2D eigenvalue weighted by molar-refractivity contribution is -0.384. The second-order valence-electron chi connectivity index (χ2n) is 4.42. The lowest BCUT2D eigenvalue weighted by Crippen LogP contribution is -2.13. The highest BCUT2D eigenvalue weighted by Gasteiger charge is 2.17. The monoisotopic (exact) mass is 252 g/mol. The van der Waals surface area contributed by atoms with Crippen molar-refractivity contribution in [2.45, 2.75) is 13.3 Å². The number of ether oxygens (including phenoxy) is 1. The quantitative estimate of drug-likeness (QED) is 0.642. The minimum atomic E-state index is -0.419. The molecule has 0 saturated carbocycles. The Balaban J connectivity index is 1.93. The molecule has 0 bridgehead atoms. The van der Waals surface area contributed by atoms with E-state index in [4.69, 9.17) is 9.57 Å². The fourth-order valence-electron chi connectivity index (χ4n) is 1.83. The van der Waals surface area contributed by atoms with Gasteiger partial charge in [0.1, 0.15) is 5.69 Å². The molecule has 1 aromatic rings. The number of anilines is 1. The molecule has 1 saturated heterocycles. The van der Waals surface area contributed by atoms with Gasteiger partial charge in [-0.1, -0.05) is 6.07 Å². The number of nitrogens with one attached hydrogen (secondary N) is 1. The number of hydrogen-bond acceptors (Lipinski definition) is 5. The molecule has 1 unspecified atom stereocenters. The Morgan fingerprint density at radius 2 is 2.44 bits per heavy atom. The van der Waals surface area contributed by atoms with Crippen molar-refractivity contribution >= 4 is 11.4 Å². The van der Waals surface area contributed by atoms with Crippen LogP contribution < -0.4 is 5.48 Å². The van der Waals surface area contributed by atoms with Crippen LogP contribution in [0.15, 0.2) is 18.2 Å². The summed E-state index contributed by atoms with van der Waals surface area (Å²) >= 11 is 0. The fraction of sp³-hybridized carbons (Fsp3) is 0.500. The van der Waals surface area contributed by atoms with Crippen molar-refractivity contribution in [1.29, 1.82) is 0 Å². The summed E-state index contributed by atoms with van der Waals surface area (Å²) in [6.07, 6.45) is 0.970. The summed E-state index contributed by atoms with van der Waals surface area (Å²) in [5.41, 5.74) is 3.90. The van der Waals surface area contributed by atoms with Gasteiger partial charge in [-0.15, -0.1) is 0 Å². The topological polar surface area (TPSA) is 73.6 Å². The van der Waals surface area contributed by atoms with Crippen molar-refractivity contribution in [3.63, 3.8) is 0 Å². The zero-order valence-electron chi connectivity index (χ0n) is 10.2. The summed E-state index contributed by atoms with van der Waals surface area (Å²) in [6.45, 7) is 3.76. The van der Waals surface area contributed by atoms with Gasteiger partial charge in [0.15, 0.2) is 0 Å². The second kappa shape index (κ2) is 5.79. The smallest absolute Gasteiger partial charge is 0.294 e. The van der Waals surface area contributed by atoms with E-state index in [9.17, 15) is 10.1 Å². The average molecular weight is 252 g/mol. The number of aryl methyl sites for hydroxylation is 1. The third-order valence-corrected chi connectivity index (χ3v) is 2.88. The number of hydrogen-bond donors (Lipinski definition) is 1. The molecule has 0 spiro atoms. The average Bonchev–Trinajstić information content (AvgIpc) is 2.84. The molecule has 0 radical (unpaired) electrons. The van der Waals surface area contributed by atoms with Gasteiger partial charge in [-0.25, -0.2) is 0 Å². The Morgan fingerprint density at radius 1 is 1.61 bits per heavy atom. The molecular formula is C12H16N2O4. The maximum Gasteiger partial charge on any atom is 0.294 e. The van der Waals surface area contributed by atoms with Gasteiger partial charge >= 0.3 is 0 Å². The third kappa shape index (κ3) is 3.18. The molecule has 1 heterocycles. The zero-order valence-corrected chi connectivity index (χ0v) is 10.2. The van der Waals surface area contributed by atoms with Crippen LogP contribution >= 0.6 is 0 Å². The highest BCUT2D eigenvalue weighted by molar-refractivity contribution is 5.61. The molecule has 0 aromatic heterocycles. The van der Waals surface area contributed by atoms with Crippen molar-refractivity contribution in [3.05, 3.63) is 33.9 Å². The standard InChI is InChI=1S/C12H16N2O4/c1-9-2-3-11(12(6-9)14(15)16)13-18-8-10-4-5-17-7-10/h2-3,6,10,13H,4-5,7-8H2,1H3. The van der Waals surface area contributed by atoms with Gasteiger partial charge in [-0.2, -0.15) is 0 Å². The summed E-state index contributed by atoms with van der Waals surface area (Å²) in [5.74, 6) is 0.363. The number of nitrogens with zero attached hydrogens (tertiary/aromatic N) is 1. The summed E-state index contributed by atoms with van der Waals surface area (Å²) < 4.78 is 5.22. The minimum Gasteiger partial charge on any atom is -0.381 e. The van der Waals surface area contributed by atoms with E-state index in [2.05, 4.69) is 5.48 Å². The summed E-state index contributed by atoms with van der Waals surface area (Å²) in [7, 11) is 0. The first kappa shape index (κ1) is 12.8. The van der Waals surface area contributed by atoms with E-state index in [1.807, 2.05) is 6.92 Å². The summed E-state index contributed by atoms with van der Waals surface area (Å²) in [4.78, 5) is 15.8. The van der Waals surface area contributed by atoms with E-state index in [1.165, 1.54) is 6.07 Å². The van der Waals surface area contributed by atoms with Gasteiger partial charge in [0, 0.05) is 18.6 Å². The molecule has 18 heavy (non-hydrogen) atoms. The van der Waals surface area contributed by atoms with E-state index >= 15 is 0 Å². The lowest BCUT2D eigenvalue weighted by atomic mass is 10.1. The van der Waals surface area contributed by atoms with E-state index in [0.717, 1.165) is 18.6 Å². The molecule has 6 nitrogen and oxygen atoms in total. The molecule has 1 aromatic carbocycles. The van der Waals surface area contributed by atoms with Gasteiger partial charge in [0.05, 0.1) is 18.1 Å². The van der Waals surface area contributed by atoms with E-state index in [0.29, 0.717) is 24.8 Å². The molecule has 2 rings (SSSR count). The summed E-state index contributed by atoms with van der Waals surface area (Å²) in [6, 6.07) is 4.97. The first-order valence-corrected chi connectivity index (χ1v) is 5.87. The van der Waals surface area contributed by atoms with Crippen LogP contribution in [0.2, 0.25) is 0 Å². The first-order valence-electron chi connectivity index (χ1n) is 5.87. The molecule has 1 aliphatic rings. The molecule has 6 heteroatoms. The molecule has 98 valence electrons. The molecule has 1 fully saturated rings. The van der Waals surface area contributed by atoms with Crippen LogP contribution in [-0.4, -0.2) is 24.7 Å². The number of benzene rings is 1. The minimum absolute atomic E-state index is 0.0256. The van der Waals surface area contributed by atoms with Gasteiger partial charge in [-0.05, 0) is 25.0 Å². The number of nitro groups is 1. The highest BCUT2D eigenvalue weighted by atomic mass is 16.6. The predicted octanol–water partition coefficient (Wildman–Crippen LogP) is 2.28. The number of nitro benzene ring substituents is 1. The Labute approximate surface area is 105 Å². The van der Waals surface area contributed by atoms with Crippen LogP contribution in [0, 0.1) is 23.0 Å². The molecular weight excluding hydrogens is 236 g/mol. The summed E-state index contributed by atoms with van der Waals surface area (Å²) in [5, 5.41) is 10.9. The largest absolute Gasteiger partial charge is 0.381 e. The Morgan fingerprint density at radius 3 is 3.11 bits per heavy atom. The van der Waals surface area contributed by atoms with Crippen LogP contribution in [0.25, 0.3) is 0 Å². The molecule has 1 aliphatic heterocycles. The van der Waals surface area contributed by atoms with Gasteiger partial charge < -0.3 is 4.74 Å². The maximum absolute atomic E-state index is 10.9. The molecule has 1 atom stereocenters. The van der Waals surface area contributed by atoms with Gasteiger partial charge in [0.2, 0.25) is 0 Å². The van der Waals surface area contributed by atoms with Crippen molar-refractivity contribution in [2.24, 2.45) is 5.92 Å². The highest BCUT2D eigenvalue weighted by Crippen LogP contribution is 2.25. The Bertz CT molecular complexity index is 430. The van der Waals surface area contributed by atoms with E-state index in [-0.39, 0.29) is 5.69 Å². The van der Waals surface area contributed by atoms with E-state index in [1.54, 1.807) is 12.1 Å². The predicted molar refractivity (Wildman–Crippen MR) is 66.3 cm³/mol. The number of rotatable bonds is 5. The second-order valence-corrected chi connectivity index (χ2v) is 4.42. The van der Waals surface area contributed by atoms with Crippen molar-refractivity contribution in [1.82, 2.24) is 0 Å². The Kier molecular flexibility index (Phi) is 4.11. The van der Waals surface area contributed by atoms with Crippen molar-refractivity contribution in [3.8, 4) is 0 Å². The Hall–Kier alpha value is -1.66. The van der Waals surface area contributed by atoms with Gasteiger partial charge in [-0.3, -0.25) is 20.4 Å². The molecule has 0 amide bonds. The zero-order chi connectivity index (χ0) is 13.0. The van der Waals surface area contributed by atoms with Crippen LogP contribution in [0.4, 0.5) is 11.4 Å². The molecule has 0 aliphatic carbocycles. The van der Waals surface area contributed by atoms with Crippen molar-refractivity contribution < 1.29 is 14.5 Å². The van der Waals surface area contributed by atoms with Crippen molar-refractivity contribution in [2.75, 3.05) is 25.3 Å². The third-order valence-electron chi connectivity index (χ3n) is 2.88. The molecule has 1 N–H and O–H groups in total. The maximum atomic E-state index is 10.9. The van der Waals surface area contributed by atoms with Crippen LogP contribution in [0.1, 0.15) is 12.0 Å². The van der Waals surface area contributed by atoms with Crippen LogP contribution in [0.3, 0.4) is 0 Å². The fourth-order valence-corrected chi connectivity index (χ4v) is 1.83. The SMILES string of the molecule is Cc1ccc(NOCC2CCOC2)c([N+](=O)[O-])c1. The van der Waals surface area contributed by atoms with Crippen LogP contribution in [-0.2, 0) is 9.57 Å². The lowest BCUT2D eigenvalue weighted by Gasteiger charge is -2.10. The normalized spacial score (nSPS) is 18.8. The van der Waals surface area contributed by atoms with E-state index < -0.39 is 4.92 Å². The van der Waals surface area contributed by atoms with Crippen LogP contribution in [0.5, 0.6) is 0 Å².